The summed E-state index contributed by atoms with van der Waals surface area (Å²) in [5.74, 6) is 4.06. The molecule has 0 bridgehead atoms. The number of nitrogens with one attached hydrogen (secondary N) is 1. The van der Waals surface area contributed by atoms with Gasteiger partial charge in [-0.2, -0.15) is 23.5 Å². The monoisotopic (exact) mass is 262 g/mol. The average molecular weight is 262 g/mol. The molecule has 94 valence electrons. The Morgan fingerprint density at radius 3 is 2.81 bits per heavy atom. The first-order valence-electron chi connectivity index (χ1n) is 5.82. The normalized spacial score (nSPS) is 23.1. The number of hydrogen-bond donors (Lipinski definition) is 2. The Labute approximate surface area is 107 Å². The van der Waals surface area contributed by atoms with E-state index >= 15 is 0 Å². The van der Waals surface area contributed by atoms with Crippen LogP contribution < -0.4 is 11.1 Å². The largest absolute Gasteiger partial charge is 0.354 e. The SMILES string of the molecule is CC(C)C[C@@H](N)C(=O)NCC1CSCCS1. The lowest BCUT2D eigenvalue weighted by molar-refractivity contribution is -0.122. The predicted molar refractivity (Wildman–Crippen MR) is 74.0 cm³/mol. The summed E-state index contributed by atoms with van der Waals surface area (Å²) >= 11 is 3.92. The first kappa shape index (κ1) is 14.2. The van der Waals surface area contributed by atoms with E-state index in [2.05, 4.69) is 19.2 Å². The number of carbonyl (C=O) groups excluding carboxylic acids is 1. The zero-order valence-electron chi connectivity index (χ0n) is 10.1. The molecular weight excluding hydrogens is 240 g/mol. The van der Waals surface area contributed by atoms with Crippen LogP contribution in [0.2, 0.25) is 0 Å². The molecule has 1 aliphatic rings. The van der Waals surface area contributed by atoms with Gasteiger partial charge in [-0.15, -0.1) is 0 Å². The summed E-state index contributed by atoms with van der Waals surface area (Å²) in [6.45, 7) is 4.93. The highest BCUT2D eigenvalue weighted by Gasteiger charge is 2.18. The molecule has 3 nitrogen and oxygen atoms in total. The van der Waals surface area contributed by atoms with Crippen LogP contribution in [0.4, 0.5) is 0 Å². The van der Waals surface area contributed by atoms with E-state index in [-0.39, 0.29) is 11.9 Å². The summed E-state index contributed by atoms with van der Waals surface area (Å²) in [7, 11) is 0. The smallest absolute Gasteiger partial charge is 0.236 e. The van der Waals surface area contributed by atoms with Crippen molar-refractivity contribution in [3.63, 3.8) is 0 Å². The molecule has 5 heteroatoms. The van der Waals surface area contributed by atoms with Crippen molar-refractivity contribution in [3.05, 3.63) is 0 Å². The summed E-state index contributed by atoms with van der Waals surface area (Å²) in [4.78, 5) is 11.7. The lowest BCUT2D eigenvalue weighted by atomic mass is 10.0. The fraction of sp³-hybridized carbons (Fsp3) is 0.909. The quantitative estimate of drug-likeness (QED) is 0.785. The van der Waals surface area contributed by atoms with Crippen LogP contribution >= 0.6 is 23.5 Å². The van der Waals surface area contributed by atoms with Gasteiger partial charge >= 0.3 is 0 Å². The molecule has 1 aliphatic heterocycles. The minimum atomic E-state index is -0.346. The molecule has 0 aromatic heterocycles. The maximum absolute atomic E-state index is 11.7. The molecule has 1 saturated heterocycles. The molecule has 0 aromatic carbocycles. The van der Waals surface area contributed by atoms with Gasteiger partial charge in [0.05, 0.1) is 6.04 Å². The van der Waals surface area contributed by atoms with Crippen molar-refractivity contribution in [2.24, 2.45) is 11.7 Å². The van der Waals surface area contributed by atoms with Crippen molar-refractivity contribution in [3.8, 4) is 0 Å². The molecule has 1 fully saturated rings. The van der Waals surface area contributed by atoms with Crippen LogP contribution in [0.25, 0.3) is 0 Å². The third-order valence-electron chi connectivity index (χ3n) is 2.45. The highest BCUT2D eigenvalue weighted by Crippen LogP contribution is 2.23. The van der Waals surface area contributed by atoms with Crippen molar-refractivity contribution >= 4 is 29.4 Å². The number of nitrogens with two attached hydrogens (primary N) is 1. The minimum absolute atomic E-state index is 0.00451. The molecule has 0 aromatic rings. The number of carbonyl (C=O) groups is 1. The van der Waals surface area contributed by atoms with Crippen molar-refractivity contribution in [1.29, 1.82) is 0 Å². The molecule has 1 rings (SSSR count). The summed E-state index contributed by atoms with van der Waals surface area (Å²) in [5, 5.41) is 3.52. The molecule has 0 saturated carbocycles. The molecule has 3 N–H and O–H groups in total. The van der Waals surface area contributed by atoms with Crippen LogP contribution in [0.3, 0.4) is 0 Å². The Kier molecular flexibility index (Phi) is 6.61. The van der Waals surface area contributed by atoms with Crippen molar-refractivity contribution in [1.82, 2.24) is 5.32 Å². The van der Waals surface area contributed by atoms with Crippen LogP contribution in [0, 0.1) is 5.92 Å². The van der Waals surface area contributed by atoms with E-state index in [9.17, 15) is 4.79 Å². The Balaban J connectivity index is 2.17. The number of amides is 1. The molecule has 0 radical (unpaired) electrons. The molecule has 0 aliphatic carbocycles. The van der Waals surface area contributed by atoms with Gasteiger partial charge in [0.2, 0.25) is 5.91 Å². The van der Waals surface area contributed by atoms with Gasteiger partial charge in [-0.1, -0.05) is 13.8 Å². The Hall–Kier alpha value is 0.130. The summed E-state index contributed by atoms with van der Waals surface area (Å²) in [6, 6.07) is -0.346. The van der Waals surface area contributed by atoms with Crippen LogP contribution in [0.15, 0.2) is 0 Å². The van der Waals surface area contributed by atoms with Gasteiger partial charge in [-0.25, -0.2) is 0 Å². The second-order valence-corrected chi connectivity index (χ2v) is 7.11. The molecule has 1 amide bonds. The van der Waals surface area contributed by atoms with Gasteiger partial charge in [-0.05, 0) is 12.3 Å². The minimum Gasteiger partial charge on any atom is -0.354 e. The van der Waals surface area contributed by atoms with Gasteiger partial charge in [0, 0.05) is 29.1 Å². The second kappa shape index (κ2) is 7.45. The van der Waals surface area contributed by atoms with Crippen molar-refractivity contribution in [2.75, 3.05) is 23.8 Å². The highest BCUT2D eigenvalue weighted by molar-refractivity contribution is 8.06. The van der Waals surface area contributed by atoms with Crippen LogP contribution in [0.5, 0.6) is 0 Å². The van der Waals surface area contributed by atoms with E-state index in [1.807, 2.05) is 23.5 Å². The summed E-state index contributed by atoms with van der Waals surface area (Å²) in [6.07, 6.45) is 0.762. The van der Waals surface area contributed by atoms with Gasteiger partial charge in [0.25, 0.3) is 0 Å². The highest BCUT2D eigenvalue weighted by atomic mass is 32.2. The molecule has 1 heterocycles. The lowest BCUT2D eigenvalue weighted by Gasteiger charge is -2.22. The van der Waals surface area contributed by atoms with Crippen LogP contribution in [-0.2, 0) is 4.79 Å². The molecule has 1 unspecified atom stereocenters. The van der Waals surface area contributed by atoms with E-state index in [0.717, 1.165) is 18.7 Å². The third kappa shape index (κ3) is 5.46. The fourth-order valence-corrected chi connectivity index (χ4v) is 4.23. The van der Waals surface area contributed by atoms with Crippen molar-refractivity contribution in [2.45, 2.75) is 31.6 Å². The Bertz CT molecular complexity index is 218. The van der Waals surface area contributed by atoms with Gasteiger partial charge in [0.15, 0.2) is 0 Å². The Morgan fingerprint density at radius 1 is 1.50 bits per heavy atom. The summed E-state index contributed by atoms with van der Waals surface area (Å²) < 4.78 is 0. The predicted octanol–water partition coefficient (Wildman–Crippen LogP) is 1.32. The summed E-state index contributed by atoms with van der Waals surface area (Å²) in [5.41, 5.74) is 5.81. The average Bonchev–Trinajstić information content (AvgIpc) is 2.26. The van der Waals surface area contributed by atoms with Gasteiger partial charge < -0.3 is 11.1 Å². The third-order valence-corrected chi connectivity index (χ3v) is 5.30. The first-order valence-corrected chi connectivity index (χ1v) is 8.02. The topological polar surface area (TPSA) is 55.1 Å². The maximum Gasteiger partial charge on any atom is 0.236 e. The molecular formula is C11H22N2OS2. The lowest BCUT2D eigenvalue weighted by Crippen LogP contribution is -2.44. The second-order valence-electron chi connectivity index (χ2n) is 4.55. The van der Waals surface area contributed by atoms with Gasteiger partial charge in [0.1, 0.15) is 0 Å². The van der Waals surface area contributed by atoms with E-state index < -0.39 is 0 Å². The van der Waals surface area contributed by atoms with E-state index in [1.54, 1.807) is 0 Å². The first-order chi connectivity index (χ1) is 7.59. The maximum atomic E-state index is 11.7. The standard InChI is InChI=1S/C11H22N2OS2/c1-8(2)5-10(12)11(14)13-6-9-7-15-3-4-16-9/h8-10H,3-7,12H2,1-2H3,(H,13,14)/t9?,10-/m1/s1. The fourth-order valence-electron chi connectivity index (χ4n) is 1.61. The van der Waals surface area contributed by atoms with E-state index in [4.69, 9.17) is 5.73 Å². The van der Waals surface area contributed by atoms with Crippen LogP contribution in [-0.4, -0.2) is 41.0 Å². The molecule has 0 spiro atoms. The number of rotatable bonds is 5. The van der Waals surface area contributed by atoms with Crippen LogP contribution in [0.1, 0.15) is 20.3 Å². The number of hydrogen-bond acceptors (Lipinski definition) is 4. The zero-order valence-corrected chi connectivity index (χ0v) is 11.7. The molecule has 16 heavy (non-hydrogen) atoms. The number of thioether (sulfide) groups is 2. The van der Waals surface area contributed by atoms with Gasteiger partial charge in [-0.3, -0.25) is 4.79 Å². The Morgan fingerprint density at radius 2 is 2.25 bits per heavy atom. The zero-order chi connectivity index (χ0) is 12.0. The van der Waals surface area contributed by atoms with E-state index in [1.165, 1.54) is 11.5 Å². The van der Waals surface area contributed by atoms with Crippen molar-refractivity contribution < 1.29 is 4.79 Å². The molecule has 2 atom stereocenters. The van der Waals surface area contributed by atoms with E-state index in [0.29, 0.717) is 11.2 Å².